The van der Waals surface area contributed by atoms with Crippen LogP contribution in [0.5, 0.6) is 0 Å². The lowest BCUT2D eigenvalue weighted by molar-refractivity contribution is -0.143. The van der Waals surface area contributed by atoms with Crippen LogP contribution in [0.25, 0.3) is 0 Å². The Kier molecular flexibility index (Phi) is 6.65. The fourth-order valence-corrected chi connectivity index (χ4v) is 3.27. The van der Waals surface area contributed by atoms with Crippen LogP contribution in [-0.2, 0) is 9.59 Å². The van der Waals surface area contributed by atoms with Crippen molar-refractivity contribution in [3.8, 4) is 0 Å². The van der Waals surface area contributed by atoms with E-state index in [9.17, 15) is 19.5 Å². The van der Waals surface area contributed by atoms with Gasteiger partial charge in [-0.05, 0) is 30.5 Å². The van der Waals surface area contributed by atoms with Crippen LogP contribution in [0.1, 0.15) is 48.1 Å². The van der Waals surface area contributed by atoms with Crippen LogP contribution in [0.4, 0.5) is 0 Å². The number of benzene rings is 2. The van der Waals surface area contributed by atoms with Crippen molar-refractivity contribution in [2.45, 2.75) is 38.3 Å². The number of hydrogen-bond acceptors (Lipinski definition) is 3. The normalized spacial score (nSPS) is 15.2. The highest BCUT2D eigenvalue weighted by molar-refractivity contribution is 5.94. The number of rotatable bonds is 9. The van der Waals surface area contributed by atoms with Crippen molar-refractivity contribution in [1.29, 1.82) is 0 Å². The number of aliphatic carboxylic acids is 1. The van der Waals surface area contributed by atoms with Crippen molar-refractivity contribution >= 4 is 17.8 Å². The topological polar surface area (TPSA) is 86.7 Å². The van der Waals surface area contributed by atoms with E-state index in [-0.39, 0.29) is 30.8 Å². The van der Waals surface area contributed by atoms with Gasteiger partial charge in [0.05, 0.1) is 18.4 Å². The zero-order valence-electron chi connectivity index (χ0n) is 16.5. The quantitative estimate of drug-likeness (QED) is 0.683. The van der Waals surface area contributed by atoms with Crippen LogP contribution in [0, 0.1) is 5.92 Å². The molecule has 0 saturated heterocycles. The van der Waals surface area contributed by atoms with E-state index >= 15 is 0 Å². The molecule has 152 valence electrons. The standard InChI is InChI=1S/C23H26N2O4/c1-16(23(28)29)15-25(19-12-13-19)21(26)14-20(17-8-4-2-5-9-17)24-22(27)18-10-6-3-7-11-18/h2-11,16,19-20H,12-15H2,1H3,(H,24,27)(H,28,29). The Morgan fingerprint density at radius 1 is 1.03 bits per heavy atom. The Hall–Kier alpha value is -3.15. The highest BCUT2D eigenvalue weighted by Crippen LogP contribution is 2.30. The molecule has 1 saturated carbocycles. The van der Waals surface area contributed by atoms with Gasteiger partial charge in [0.1, 0.15) is 0 Å². The molecule has 1 aliphatic carbocycles. The third-order valence-corrected chi connectivity index (χ3v) is 5.12. The molecular formula is C23H26N2O4. The van der Waals surface area contributed by atoms with Gasteiger partial charge >= 0.3 is 5.97 Å². The van der Waals surface area contributed by atoms with Crippen molar-refractivity contribution in [2.24, 2.45) is 5.92 Å². The van der Waals surface area contributed by atoms with Crippen molar-refractivity contribution in [1.82, 2.24) is 10.2 Å². The van der Waals surface area contributed by atoms with Gasteiger partial charge in [0.2, 0.25) is 5.91 Å². The summed E-state index contributed by atoms with van der Waals surface area (Å²) in [6, 6.07) is 17.9. The molecule has 1 fully saturated rings. The van der Waals surface area contributed by atoms with Crippen LogP contribution in [0.15, 0.2) is 60.7 Å². The van der Waals surface area contributed by atoms with Gasteiger partial charge in [-0.15, -0.1) is 0 Å². The molecule has 0 spiro atoms. The highest BCUT2D eigenvalue weighted by Gasteiger charge is 2.35. The molecule has 0 aliphatic heterocycles. The summed E-state index contributed by atoms with van der Waals surface area (Å²) < 4.78 is 0. The van der Waals surface area contributed by atoms with Crippen LogP contribution in [-0.4, -0.2) is 40.4 Å². The largest absolute Gasteiger partial charge is 0.481 e. The fraction of sp³-hybridized carbons (Fsp3) is 0.348. The predicted octanol–water partition coefficient (Wildman–Crippen LogP) is 3.26. The summed E-state index contributed by atoms with van der Waals surface area (Å²) in [5, 5.41) is 12.2. The Balaban J connectivity index is 1.76. The number of carboxylic acids is 1. The van der Waals surface area contributed by atoms with Gasteiger partial charge in [-0.25, -0.2) is 0 Å². The molecule has 2 aromatic rings. The lowest BCUT2D eigenvalue weighted by atomic mass is 10.0. The predicted molar refractivity (Wildman–Crippen MR) is 109 cm³/mol. The van der Waals surface area contributed by atoms with E-state index < -0.39 is 17.9 Å². The molecule has 6 nitrogen and oxygen atoms in total. The summed E-state index contributed by atoms with van der Waals surface area (Å²) in [6.07, 6.45) is 1.88. The second kappa shape index (κ2) is 9.37. The first kappa shape index (κ1) is 20.6. The van der Waals surface area contributed by atoms with Gasteiger partial charge in [-0.2, -0.15) is 0 Å². The SMILES string of the molecule is CC(CN(C(=O)CC(NC(=O)c1ccccc1)c1ccccc1)C1CC1)C(=O)O. The van der Waals surface area contributed by atoms with Crippen molar-refractivity contribution in [3.63, 3.8) is 0 Å². The zero-order chi connectivity index (χ0) is 20.8. The molecule has 2 atom stereocenters. The van der Waals surface area contributed by atoms with E-state index in [4.69, 9.17) is 0 Å². The molecule has 3 rings (SSSR count). The summed E-state index contributed by atoms with van der Waals surface area (Å²) in [7, 11) is 0. The summed E-state index contributed by atoms with van der Waals surface area (Å²) in [5.74, 6) is -1.93. The first-order valence-electron chi connectivity index (χ1n) is 9.89. The minimum atomic E-state index is -0.916. The summed E-state index contributed by atoms with van der Waals surface area (Å²) in [5.41, 5.74) is 1.37. The summed E-state index contributed by atoms with van der Waals surface area (Å²) >= 11 is 0. The van der Waals surface area contributed by atoms with Gasteiger partial charge in [0, 0.05) is 18.2 Å². The third kappa shape index (κ3) is 5.67. The maximum absolute atomic E-state index is 13.1. The fourth-order valence-electron chi connectivity index (χ4n) is 3.27. The van der Waals surface area contributed by atoms with Crippen LogP contribution < -0.4 is 5.32 Å². The smallest absolute Gasteiger partial charge is 0.308 e. The van der Waals surface area contributed by atoms with E-state index in [1.54, 1.807) is 36.1 Å². The number of nitrogens with one attached hydrogen (secondary N) is 1. The molecule has 29 heavy (non-hydrogen) atoms. The maximum Gasteiger partial charge on any atom is 0.308 e. The Morgan fingerprint density at radius 2 is 1.62 bits per heavy atom. The molecule has 2 amide bonds. The molecule has 2 N–H and O–H groups in total. The van der Waals surface area contributed by atoms with Crippen molar-refractivity contribution in [3.05, 3.63) is 71.8 Å². The molecule has 0 radical (unpaired) electrons. The van der Waals surface area contributed by atoms with E-state index in [0.717, 1.165) is 18.4 Å². The number of carboxylic acid groups (broad SMARTS) is 1. The van der Waals surface area contributed by atoms with E-state index in [1.165, 1.54) is 0 Å². The minimum Gasteiger partial charge on any atom is -0.481 e. The van der Waals surface area contributed by atoms with E-state index in [2.05, 4.69) is 5.32 Å². The van der Waals surface area contributed by atoms with Gasteiger partial charge in [0.25, 0.3) is 5.91 Å². The first-order valence-corrected chi connectivity index (χ1v) is 9.89. The van der Waals surface area contributed by atoms with Gasteiger partial charge < -0.3 is 15.3 Å². The molecule has 6 heteroatoms. The number of hydrogen-bond donors (Lipinski definition) is 2. The second-order valence-corrected chi connectivity index (χ2v) is 7.52. The molecule has 2 aromatic carbocycles. The molecule has 0 bridgehead atoms. The van der Waals surface area contributed by atoms with Crippen LogP contribution in [0.2, 0.25) is 0 Å². The zero-order valence-corrected chi connectivity index (χ0v) is 16.5. The van der Waals surface area contributed by atoms with Crippen molar-refractivity contribution in [2.75, 3.05) is 6.54 Å². The monoisotopic (exact) mass is 394 g/mol. The van der Waals surface area contributed by atoms with Gasteiger partial charge in [0.15, 0.2) is 0 Å². The molecular weight excluding hydrogens is 368 g/mol. The Bertz CT molecular complexity index is 850. The molecule has 0 aromatic heterocycles. The lowest BCUT2D eigenvalue weighted by Crippen LogP contribution is -2.41. The molecule has 1 aliphatic rings. The van der Waals surface area contributed by atoms with E-state index in [0.29, 0.717) is 5.56 Å². The number of amides is 2. The Labute approximate surface area is 170 Å². The highest BCUT2D eigenvalue weighted by atomic mass is 16.4. The van der Waals surface area contributed by atoms with Crippen molar-refractivity contribution < 1.29 is 19.5 Å². The number of carbonyl (C=O) groups is 3. The van der Waals surface area contributed by atoms with Crippen LogP contribution in [0.3, 0.4) is 0 Å². The van der Waals surface area contributed by atoms with Crippen LogP contribution >= 0.6 is 0 Å². The number of nitrogens with zero attached hydrogens (tertiary/aromatic N) is 1. The van der Waals surface area contributed by atoms with Gasteiger partial charge in [-0.1, -0.05) is 55.5 Å². The minimum absolute atomic E-state index is 0.0887. The second-order valence-electron chi connectivity index (χ2n) is 7.52. The average molecular weight is 394 g/mol. The van der Waals surface area contributed by atoms with Gasteiger partial charge in [-0.3, -0.25) is 14.4 Å². The third-order valence-electron chi connectivity index (χ3n) is 5.12. The first-order chi connectivity index (χ1) is 14.0. The average Bonchev–Trinajstić information content (AvgIpc) is 3.57. The maximum atomic E-state index is 13.1. The lowest BCUT2D eigenvalue weighted by Gasteiger charge is -2.27. The summed E-state index contributed by atoms with van der Waals surface area (Å²) in [4.78, 5) is 38.7. The Morgan fingerprint density at radius 3 is 2.17 bits per heavy atom. The summed E-state index contributed by atoms with van der Waals surface area (Å²) in [6.45, 7) is 1.80. The van der Waals surface area contributed by atoms with E-state index in [1.807, 2.05) is 36.4 Å². The molecule has 2 unspecified atom stereocenters. The molecule has 0 heterocycles. The number of carbonyl (C=O) groups excluding carboxylic acids is 2.